The number of nitrogens with zero attached hydrogens (tertiary/aromatic N) is 5. The summed E-state index contributed by atoms with van der Waals surface area (Å²) in [5.74, 6) is 0.162. The van der Waals surface area contributed by atoms with Gasteiger partial charge in [0.1, 0.15) is 23.5 Å². The summed E-state index contributed by atoms with van der Waals surface area (Å²) in [7, 11) is 0. The van der Waals surface area contributed by atoms with E-state index in [1.54, 1.807) is 12.5 Å². The van der Waals surface area contributed by atoms with Crippen molar-refractivity contribution in [3.63, 3.8) is 0 Å². The fourth-order valence-corrected chi connectivity index (χ4v) is 5.89. The topological polar surface area (TPSA) is 142 Å². The lowest BCUT2D eigenvalue weighted by atomic mass is 9.95. The van der Waals surface area contributed by atoms with Gasteiger partial charge in [-0.05, 0) is 54.3 Å². The molecule has 2 aliphatic heterocycles. The van der Waals surface area contributed by atoms with Gasteiger partial charge in [0.05, 0.1) is 18.6 Å². The number of fused-ring (bicyclic) bond motifs is 1. The van der Waals surface area contributed by atoms with Crippen molar-refractivity contribution in [2.24, 2.45) is 5.73 Å². The zero-order valence-corrected chi connectivity index (χ0v) is 23.4. The van der Waals surface area contributed by atoms with Crippen LogP contribution in [-0.2, 0) is 16.1 Å². The number of piperidine rings is 1. The Morgan fingerprint density at radius 3 is 2.64 bits per heavy atom. The largest absolute Gasteiger partial charge is 0.378 e. The van der Waals surface area contributed by atoms with E-state index in [1.165, 1.54) is 6.08 Å². The predicted molar refractivity (Wildman–Crippen MR) is 161 cm³/mol. The summed E-state index contributed by atoms with van der Waals surface area (Å²) >= 11 is 0. The molecule has 0 aliphatic carbocycles. The normalized spacial score (nSPS) is 17.7. The van der Waals surface area contributed by atoms with E-state index in [0.717, 1.165) is 77.3 Å². The zero-order valence-electron chi connectivity index (χ0n) is 23.4. The molecule has 2 aliphatic rings. The highest BCUT2D eigenvalue weighted by atomic mass is 16.5. The summed E-state index contributed by atoms with van der Waals surface area (Å²) in [4.78, 5) is 45.6. The van der Waals surface area contributed by atoms with Gasteiger partial charge in [0.2, 0.25) is 5.91 Å². The predicted octanol–water partition coefficient (Wildman–Crippen LogP) is 2.89. The molecule has 1 atom stereocenters. The minimum absolute atomic E-state index is 0.0502. The average molecular weight is 567 g/mol. The highest BCUT2D eigenvalue weighted by Crippen LogP contribution is 2.33. The number of amides is 2. The number of hydrogen-bond acceptors (Lipinski definition) is 8. The fraction of sp³-hybridized carbons (Fsp3) is 0.323. The molecule has 0 radical (unpaired) electrons. The number of aromatic amines is 1. The molecule has 2 amide bonds. The van der Waals surface area contributed by atoms with Gasteiger partial charge in [0.25, 0.3) is 5.91 Å². The maximum atomic E-state index is 12.5. The Bertz CT molecular complexity index is 1610. The highest BCUT2D eigenvalue weighted by Gasteiger charge is 2.24. The van der Waals surface area contributed by atoms with E-state index < -0.39 is 5.91 Å². The smallest absolute Gasteiger partial charge is 0.267 e. The fourth-order valence-electron chi connectivity index (χ4n) is 5.89. The second-order valence-corrected chi connectivity index (χ2v) is 10.7. The molecule has 6 rings (SSSR count). The van der Waals surface area contributed by atoms with Gasteiger partial charge in [-0.15, -0.1) is 0 Å². The number of likely N-dealkylation sites (tertiary alicyclic amines) is 1. The van der Waals surface area contributed by atoms with Gasteiger partial charge in [-0.1, -0.05) is 30.8 Å². The molecule has 0 spiro atoms. The van der Waals surface area contributed by atoms with Gasteiger partial charge in [-0.2, -0.15) is 0 Å². The first kappa shape index (κ1) is 27.6. The minimum atomic E-state index is -0.574. The first-order valence-electron chi connectivity index (χ1n) is 14.2. The molecule has 3 aromatic heterocycles. The number of aromatic nitrogens is 4. The summed E-state index contributed by atoms with van der Waals surface area (Å²) in [5, 5.41) is 3.97. The molecule has 4 N–H and O–H groups in total. The van der Waals surface area contributed by atoms with Crippen LogP contribution in [0.3, 0.4) is 0 Å². The third-order valence-corrected chi connectivity index (χ3v) is 7.90. The Labute approximate surface area is 243 Å². The molecule has 4 aromatic rings. The van der Waals surface area contributed by atoms with Crippen LogP contribution in [-0.4, -0.2) is 82.1 Å². The first-order valence-corrected chi connectivity index (χ1v) is 14.2. The van der Waals surface area contributed by atoms with Crippen LogP contribution >= 0.6 is 0 Å². The average Bonchev–Trinajstić information content (AvgIpc) is 3.46. The van der Waals surface area contributed by atoms with Crippen molar-refractivity contribution < 1.29 is 14.3 Å². The number of benzene rings is 1. The Balaban J connectivity index is 1.28. The van der Waals surface area contributed by atoms with Crippen molar-refractivity contribution in [2.45, 2.75) is 25.4 Å². The summed E-state index contributed by atoms with van der Waals surface area (Å²) in [6.07, 6.45) is 6.40. The number of morpholine rings is 1. The van der Waals surface area contributed by atoms with E-state index >= 15 is 0 Å². The van der Waals surface area contributed by atoms with Gasteiger partial charge in [0, 0.05) is 49.7 Å². The van der Waals surface area contributed by atoms with Crippen molar-refractivity contribution in [3.8, 4) is 22.4 Å². The molecule has 11 nitrogen and oxygen atoms in total. The van der Waals surface area contributed by atoms with Crippen LogP contribution in [0.15, 0.2) is 61.6 Å². The lowest BCUT2D eigenvalue weighted by Gasteiger charge is -2.33. The second-order valence-electron chi connectivity index (χ2n) is 10.7. The van der Waals surface area contributed by atoms with Crippen molar-refractivity contribution in [1.29, 1.82) is 0 Å². The van der Waals surface area contributed by atoms with Crippen LogP contribution in [0.5, 0.6) is 0 Å². The molecule has 1 aromatic carbocycles. The number of anilines is 1. The van der Waals surface area contributed by atoms with Crippen LogP contribution in [0.4, 0.5) is 5.82 Å². The van der Waals surface area contributed by atoms with E-state index in [1.807, 2.05) is 30.3 Å². The van der Waals surface area contributed by atoms with Crippen molar-refractivity contribution >= 4 is 28.7 Å². The van der Waals surface area contributed by atoms with Crippen LogP contribution < -0.4 is 16.0 Å². The molecule has 0 bridgehead atoms. The molecular weight excluding hydrogens is 532 g/mol. The molecule has 11 heteroatoms. The number of hydrogen-bond donors (Lipinski definition) is 3. The molecular formula is C31H34N8O3. The number of ether oxygens (including phenoxy) is 1. The Morgan fingerprint density at radius 1 is 1.10 bits per heavy atom. The number of H-pyrrole nitrogens is 1. The Morgan fingerprint density at radius 2 is 1.88 bits per heavy atom. The van der Waals surface area contributed by atoms with Crippen molar-refractivity contribution in [1.82, 2.24) is 30.2 Å². The van der Waals surface area contributed by atoms with Crippen LogP contribution in [0, 0.1) is 0 Å². The van der Waals surface area contributed by atoms with Gasteiger partial charge in [-0.25, -0.2) is 9.97 Å². The standard InChI is InChI=1S/C31H34N8O3/c1-2-26(40)36-23-4-3-11-38(18-23)17-22-9-10-33-28(29(32)41)27(22)21-7-5-20(6-8-21)25-16-24-30(37-25)34-19-35-31(24)39-12-14-42-15-13-39/h2,5-10,16,19,23H,1,3-4,11-15,17-18H2,(H2,32,41)(H,36,40)(H,34,35,37). The molecule has 5 heterocycles. The highest BCUT2D eigenvalue weighted by molar-refractivity contribution is 5.99. The number of pyridine rings is 1. The summed E-state index contributed by atoms with van der Waals surface area (Å²) in [6.45, 7) is 8.70. The number of primary amides is 1. The van der Waals surface area contributed by atoms with E-state index in [2.05, 4.69) is 47.7 Å². The summed E-state index contributed by atoms with van der Waals surface area (Å²) in [6, 6.07) is 12.1. The molecule has 2 fully saturated rings. The zero-order chi connectivity index (χ0) is 29.1. The second kappa shape index (κ2) is 12.1. The Kier molecular flexibility index (Phi) is 7.93. The van der Waals surface area contributed by atoms with Crippen molar-refractivity contribution in [3.05, 3.63) is 72.8 Å². The third kappa shape index (κ3) is 5.74. The molecule has 1 unspecified atom stereocenters. The van der Waals surface area contributed by atoms with E-state index in [9.17, 15) is 9.59 Å². The van der Waals surface area contributed by atoms with E-state index in [-0.39, 0.29) is 17.6 Å². The molecule has 0 saturated carbocycles. The number of nitrogens with two attached hydrogens (primary N) is 1. The van der Waals surface area contributed by atoms with Gasteiger partial charge in [0.15, 0.2) is 0 Å². The third-order valence-electron chi connectivity index (χ3n) is 7.90. The SMILES string of the molecule is C=CC(=O)NC1CCCN(Cc2ccnc(C(N)=O)c2-c2ccc(-c3cc4c(N5CCOCC5)ncnc4[nH]3)cc2)C1. The number of rotatable bonds is 8. The summed E-state index contributed by atoms with van der Waals surface area (Å²) < 4.78 is 5.50. The number of carbonyl (C=O) groups excluding carboxylic acids is 2. The van der Waals surface area contributed by atoms with E-state index in [4.69, 9.17) is 10.5 Å². The lowest BCUT2D eigenvalue weighted by Crippen LogP contribution is -2.47. The Hall–Kier alpha value is -4.61. The van der Waals surface area contributed by atoms with Crippen LogP contribution in [0.2, 0.25) is 0 Å². The molecule has 42 heavy (non-hydrogen) atoms. The van der Waals surface area contributed by atoms with Crippen LogP contribution in [0.1, 0.15) is 28.9 Å². The van der Waals surface area contributed by atoms with Crippen LogP contribution in [0.25, 0.3) is 33.4 Å². The first-order chi connectivity index (χ1) is 20.5. The monoisotopic (exact) mass is 566 g/mol. The molecule has 2 saturated heterocycles. The maximum absolute atomic E-state index is 12.5. The van der Waals surface area contributed by atoms with Gasteiger partial charge >= 0.3 is 0 Å². The van der Waals surface area contributed by atoms with Gasteiger partial charge in [-0.3, -0.25) is 19.5 Å². The number of carbonyl (C=O) groups is 2. The minimum Gasteiger partial charge on any atom is -0.378 e. The van der Waals surface area contributed by atoms with E-state index in [0.29, 0.717) is 26.3 Å². The van der Waals surface area contributed by atoms with Crippen molar-refractivity contribution in [2.75, 3.05) is 44.3 Å². The number of nitrogens with one attached hydrogen (secondary N) is 2. The van der Waals surface area contributed by atoms with Gasteiger partial charge < -0.3 is 25.7 Å². The quantitative estimate of drug-likeness (QED) is 0.277. The molecule has 216 valence electrons. The lowest BCUT2D eigenvalue weighted by molar-refractivity contribution is -0.117. The maximum Gasteiger partial charge on any atom is 0.267 e. The summed E-state index contributed by atoms with van der Waals surface area (Å²) in [5.41, 5.74) is 11.2.